The summed E-state index contributed by atoms with van der Waals surface area (Å²) in [6.07, 6.45) is 1.74. The Morgan fingerprint density at radius 3 is 2.40 bits per heavy atom. The summed E-state index contributed by atoms with van der Waals surface area (Å²) < 4.78 is 0. The van der Waals surface area contributed by atoms with Crippen molar-refractivity contribution in [1.82, 2.24) is 4.90 Å². The van der Waals surface area contributed by atoms with Crippen molar-refractivity contribution in [2.24, 2.45) is 0 Å². The number of benzene rings is 1. The standard InChI is InChI=1S/C13H18NO/c1-11-2-4-12(5-3-11)10-14-8-6-13(15)7-9-14/h2-5,13,15H,1,6-10H2. The Hall–Kier alpha value is -0.860. The number of aliphatic hydroxyl groups excluding tert-OH is 1. The van der Waals surface area contributed by atoms with Gasteiger partial charge >= 0.3 is 0 Å². The van der Waals surface area contributed by atoms with Gasteiger partial charge < -0.3 is 5.11 Å². The lowest BCUT2D eigenvalue weighted by Crippen LogP contribution is -2.35. The second-order valence-corrected chi connectivity index (χ2v) is 4.32. The van der Waals surface area contributed by atoms with Gasteiger partial charge in [0.05, 0.1) is 6.10 Å². The maximum Gasteiger partial charge on any atom is 0.0564 e. The second-order valence-electron chi connectivity index (χ2n) is 4.32. The highest BCUT2D eigenvalue weighted by Crippen LogP contribution is 2.13. The lowest BCUT2D eigenvalue weighted by molar-refractivity contribution is 0.0792. The fourth-order valence-corrected chi connectivity index (χ4v) is 1.98. The minimum atomic E-state index is -0.0801. The molecule has 81 valence electrons. The minimum Gasteiger partial charge on any atom is -0.393 e. The van der Waals surface area contributed by atoms with Gasteiger partial charge in [0.2, 0.25) is 0 Å². The van der Waals surface area contributed by atoms with Crippen LogP contribution >= 0.6 is 0 Å². The third kappa shape index (κ3) is 3.05. The summed E-state index contributed by atoms with van der Waals surface area (Å²) in [5.41, 5.74) is 2.40. The molecule has 1 aromatic rings. The van der Waals surface area contributed by atoms with Crippen molar-refractivity contribution in [2.75, 3.05) is 13.1 Å². The Labute approximate surface area is 91.5 Å². The zero-order chi connectivity index (χ0) is 10.7. The lowest BCUT2D eigenvalue weighted by atomic mass is 10.1. The molecule has 1 aliphatic rings. The van der Waals surface area contributed by atoms with E-state index < -0.39 is 0 Å². The van der Waals surface area contributed by atoms with Gasteiger partial charge in [0, 0.05) is 19.6 Å². The smallest absolute Gasteiger partial charge is 0.0564 e. The third-order valence-corrected chi connectivity index (χ3v) is 2.99. The number of nitrogens with zero attached hydrogens (tertiary/aromatic N) is 1. The predicted molar refractivity (Wildman–Crippen MR) is 61.4 cm³/mol. The van der Waals surface area contributed by atoms with Crippen molar-refractivity contribution in [3.8, 4) is 0 Å². The average Bonchev–Trinajstić information content (AvgIpc) is 2.25. The normalized spacial score (nSPS) is 19.3. The van der Waals surface area contributed by atoms with Crippen LogP contribution in [0.4, 0.5) is 0 Å². The van der Waals surface area contributed by atoms with E-state index >= 15 is 0 Å². The van der Waals surface area contributed by atoms with E-state index in [4.69, 9.17) is 0 Å². The van der Waals surface area contributed by atoms with Gasteiger partial charge in [-0.2, -0.15) is 0 Å². The maximum absolute atomic E-state index is 9.39. The zero-order valence-corrected chi connectivity index (χ0v) is 9.02. The van der Waals surface area contributed by atoms with Crippen LogP contribution in [0.25, 0.3) is 0 Å². The van der Waals surface area contributed by atoms with Gasteiger partial charge in [-0.15, -0.1) is 0 Å². The van der Waals surface area contributed by atoms with Crippen LogP contribution in [0, 0.1) is 6.92 Å². The first-order chi connectivity index (χ1) is 7.24. The molecule has 1 heterocycles. The molecule has 0 aliphatic carbocycles. The van der Waals surface area contributed by atoms with Crippen LogP contribution in [0.15, 0.2) is 24.3 Å². The highest BCUT2D eigenvalue weighted by molar-refractivity contribution is 5.24. The summed E-state index contributed by atoms with van der Waals surface area (Å²) in [6, 6.07) is 8.36. The van der Waals surface area contributed by atoms with E-state index in [0.717, 1.165) is 38.0 Å². The molecule has 0 bridgehead atoms. The zero-order valence-electron chi connectivity index (χ0n) is 9.02. The molecule has 0 unspecified atom stereocenters. The maximum atomic E-state index is 9.39. The number of hydrogen-bond acceptors (Lipinski definition) is 2. The Morgan fingerprint density at radius 2 is 1.80 bits per heavy atom. The quantitative estimate of drug-likeness (QED) is 0.794. The van der Waals surface area contributed by atoms with Gasteiger partial charge in [0.1, 0.15) is 0 Å². The van der Waals surface area contributed by atoms with Crippen molar-refractivity contribution in [1.29, 1.82) is 0 Å². The Bertz CT molecular complexity index is 299. The lowest BCUT2D eigenvalue weighted by Gasteiger charge is -2.29. The van der Waals surface area contributed by atoms with E-state index in [1.54, 1.807) is 0 Å². The fraction of sp³-hybridized carbons (Fsp3) is 0.462. The first-order valence-electron chi connectivity index (χ1n) is 5.55. The Morgan fingerprint density at radius 1 is 1.20 bits per heavy atom. The van der Waals surface area contributed by atoms with Crippen molar-refractivity contribution in [2.45, 2.75) is 25.5 Å². The molecule has 0 saturated carbocycles. The molecule has 1 aliphatic heterocycles. The summed E-state index contributed by atoms with van der Waals surface area (Å²) >= 11 is 0. The van der Waals surface area contributed by atoms with Crippen LogP contribution < -0.4 is 0 Å². The van der Waals surface area contributed by atoms with E-state index in [1.165, 1.54) is 5.56 Å². The molecule has 0 spiro atoms. The summed E-state index contributed by atoms with van der Waals surface area (Å²) in [7, 11) is 0. The molecule has 2 nitrogen and oxygen atoms in total. The topological polar surface area (TPSA) is 23.5 Å². The van der Waals surface area contributed by atoms with E-state index in [1.807, 2.05) is 12.1 Å². The SMILES string of the molecule is [CH2]c1ccc(CN2CCC(O)CC2)cc1. The summed E-state index contributed by atoms with van der Waals surface area (Å²) in [5.74, 6) is 0. The van der Waals surface area contributed by atoms with Gasteiger partial charge in [0.15, 0.2) is 0 Å². The molecular formula is C13H18NO. The molecule has 2 heteroatoms. The fourth-order valence-electron chi connectivity index (χ4n) is 1.98. The van der Waals surface area contributed by atoms with Gasteiger partial charge in [-0.1, -0.05) is 24.3 Å². The second kappa shape index (κ2) is 4.77. The molecule has 1 saturated heterocycles. The van der Waals surface area contributed by atoms with Crippen LogP contribution in [-0.4, -0.2) is 29.2 Å². The first-order valence-corrected chi connectivity index (χ1v) is 5.55. The van der Waals surface area contributed by atoms with Gasteiger partial charge in [-0.05, 0) is 30.9 Å². The van der Waals surface area contributed by atoms with Gasteiger partial charge in [0.25, 0.3) is 0 Å². The Kier molecular flexibility index (Phi) is 3.39. The number of rotatable bonds is 2. The van der Waals surface area contributed by atoms with Crippen molar-refractivity contribution >= 4 is 0 Å². The molecule has 1 fully saturated rings. The highest BCUT2D eigenvalue weighted by Gasteiger charge is 2.16. The number of aliphatic hydroxyl groups is 1. The molecular weight excluding hydrogens is 186 g/mol. The predicted octanol–water partition coefficient (Wildman–Crippen LogP) is 1.83. The van der Waals surface area contributed by atoms with Crippen LogP contribution in [0.3, 0.4) is 0 Å². The van der Waals surface area contributed by atoms with E-state index in [0.29, 0.717) is 0 Å². The van der Waals surface area contributed by atoms with Gasteiger partial charge in [-0.3, -0.25) is 4.90 Å². The largest absolute Gasteiger partial charge is 0.393 e. The summed E-state index contributed by atoms with van der Waals surface area (Å²) in [4.78, 5) is 2.39. The third-order valence-electron chi connectivity index (χ3n) is 2.99. The summed E-state index contributed by atoms with van der Waals surface area (Å²) in [6.45, 7) is 6.88. The van der Waals surface area contributed by atoms with Crippen LogP contribution in [0.5, 0.6) is 0 Å². The van der Waals surface area contributed by atoms with E-state index in [2.05, 4.69) is 24.0 Å². The monoisotopic (exact) mass is 204 g/mol. The number of likely N-dealkylation sites (tertiary alicyclic amines) is 1. The van der Waals surface area contributed by atoms with Crippen LogP contribution in [0.2, 0.25) is 0 Å². The van der Waals surface area contributed by atoms with E-state index in [-0.39, 0.29) is 6.10 Å². The molecule has 15 heavy (non-hydrogen) atoms. The van der Waals surface area contributed by atoms with Crippen molar-refractivity contribution in [3.05, 3.63) is 42.3 Å². The first kappa shape index (κ1) is 10.7. The average molecular weight is 204 g/mol. The van der Waals surface area contributed by atoms with Crippen molar-refractivity contribution < 1.29 is 5.11 Å². The minimum absolute atomic E-state index is 0.0801. The van der Waals surface area contributed by atoms with Crippen LogP contribution in [-0.2, 0) is 6.54 Å². The molecule has 0 amide bonds. The van der Waals surface area contributed by atoms with E-state index in [9.17, 15) is 5.11 Å². The molecule has 1 aromatic carbocycles. The van der Waals surface area contributed by atoms with Gasteiger partial charge in [-0.25, -0.2) is 0 Å². The molecule has 1 radical (unpaired) electrons. The molecule has 0 atom stereocenters. The number of piperidine rings is 1. The highest BCUT2D eigenvalue weighted by atomic mass is 16.3. The molecule has 1 N–H and O–H groups in total. The van der Waals surface area contributed by atoms with Crippen LogP contribution in [0.1, 0.15) is 24.0 Å². The molecule has 0 aromatic heterocycles. The Balaban J connectivity index is 1.89. The van der Waals surface area contributed by atoms with Crippen molar-refractivity contribution in [3.63, 3.8) is 0 Å². The summed E-state index contributed by atoms with van der Waals surface area (Å²) in [5, 5.41) is 9.39. The molecule has 2 rings (SSSR count). The number of hydrogen-bond donors (Lipinski definition) is 1.